The van der Waals surface area contributed by atoms with Crippen LogP contribution in [0.5, 0.6) is 5.75 Å². The lowest BCUT2D eigenvalue weighted by Crippen LogP contribution is -2.57. The third kappa shape index (κ3) is 6.98. The van der Waals surface area contributed by atoms with Gasteiger partial charge in [0.2, 0.25) is 10.0 Å². The molecule has 2 aromatic rings. The molecule has 0 aliphatic carbocycles. The zero-order valence-electron chi connectivity index (χ0n) is 18.6. The van der Waals surface area contributed by atoms with Crippen molar-refractivity contribution in [3.63, 3.8) is 0 Å². The second kappa shape index (κ2) is 11.2. The molecule has 0 radical (unpaired) electrons. The molecule has 1 aliphatic rings. The first-order valence-electron chi connectivity index (χ1n) is 10.4. The fourth-order valence-electron chi connectivity index (χ4n) is 3.48. The normalized spacial score (nSPS) is 16.1. The molecule has 0 unspecified atom stereocenters. The molecule has 1 saturated heterocycles. The van der Waals surface area contributed by atoms with Crippen molar-refractivity contribution >= 4 is 21.9 Å². The van der Waals surface area contributed by atoms with E-state index in [2.05, 4.69) is 10.3 Å². The quantitative estimate of drug-likeness (QED) is 0.520. The van der Waals surface area contributed by atoms with Gasteiger partial charge in [-0.2, -0.15) is 4.31 Å². The van der Waals surface area contributed by atoms with Gasteiger partial charge in [0.1, 0.15) is 18.4 Å². The van der Waals surface area contributed by atoms with E-state index in [0.717, 1.165) is 11.8 Å². The van der Waals surface area contributed by atoms with Crippen molar-refractivity contribution in [3.8, 4) is 5.75 Å². The number of hydrogen-bond donors (Lipinski definition) is 1. The molecule has 0 spiro atoms. The number of carbonyl (C=O) groups excluding carboxylic acids is 2. The van der Waals surface area contributed by atoms with Crippen LogP contribution in [0.1, 0.15) is 15.9 Å². The van der Waals surface area contributed by atoms with Gasteiger partial charge in [-0.3, -0.25) is 19.5 Å². The molecule has 2 heterocycles. The topological polar surface area (TPSA) is 118 Å². The average molecular weight is 477 g/mol. The Bertz CT molecular complexity index is 1040. The summed E-state index contributed by atoms with van der Waals surface area (Å²) < 4.78 is 35.4. The number of carbonyl (C=O) groups is 2. The predicted octanol–water partition coefficient (Wildman–Crippen LogP) is 0.509. The van der Waals surface area contributed by atoms with E-state index in [1.807, 2.05) is 17.0 Å². The van der Waals surface area contributed by atoms with Crippen molar-refractivity contribution in [2.75, 3.05) is 46.1 Å². The Balaban J connectivity index is 1.54. The molecule has 1 aliphatic heterocycles. The van der Waals surface area contributed by atoms with Crippen LogP contribution in [0.4, 0.5) is 0 Å². The molecule has 3 rings (SSSR count). The van der Waals surface area contributed by atoms with E-state index in [1.54, 1.807) is 36.7 Å². The van der Waals surface area contributed by atoms with Crippen LogP contribution in [0, 0.1) is 0 Å². The lowest BCUT2D eigenvalue weighted by Gasteiger charge is -2.37. The fourth-order valence-corrected chi connectivity index (χ4v) is 4.31. The van der Waals surface area contributed by atoms with Gasteiger partial charge >= 0.3 is 5.97 Å². The first kappa shape index (κ1) is 24.6. The molecule has 11 heteroatoms. The second-order valence-electron chi connectivity index (χ2n) is 7.62. The van der Waals surface area contributed by atoms with Gasteiger partial charge in [0.15, 0.2) is 0 Å². The van der Waals surface area contributed by atoms with Gasteiger partial charge in [-0.15, -0.1) is 0 Å². The first-order chi connectivity index (χ1) is 15.8. The SMILES string of the molecule is COC(=O)[C@H](CNC(=O)c1ccc(OCc2ccncc2)cc1)N1CCN(S(C)(=O)=O)CC1. The van der Waals surface area contributed by atoms with Crippen LogP contribution in [-0.2, 0) is 26.2 Å². The minimum atomic E-state index is -3.28. The summed E-state index contributed by atoms with van der Waals surface area (Å²) in [7, 11) is -1.99. The Morgan fingerprint density at radius 3 is 2.27 bits per heavy atom. The molecular weight excluding hydrogens is 448 g/mol. The highest BCUT2D eigenvalue weighted by atomic mass is 32.2. The van der Waals surface area contributed by atoms with Crippen LogP contribution in [0.2, 0.25) is 0 Å². The van der Waals surface area contributed by atoms with Gasteiger partial charge in [-0.1, -0.05) is 0 Å². The number of aromatic nitrogens is 1. The smallest absolute Gasteiger partial charge is 0.324 e. The van der Waals surface area contributed by atoms with Crippen LogP contribution < -0.4 is 10.1 Å². The summed E-state index contributed by atoms with van der Waals surface area (Å²) in [6.45, 7) is 1.73. The maximum absolute atomic E-state index is 12.6. The van der Waals surface area contributed by atoms with E-state index in [-0.39, 0.29) is 25.5 Å². The number of sulfonamides is 1. The zero-order valence-corrected chi connectivity index (χ0v) is 19.5. The molecule has 33 heavy (non-hydrogen) atoms. The zero-order chi connectivity index (χ0) is 23.8. The standard InChI is InChI=1S/C22H28N4O6S/c1-31-22(28)20(25-11-13-26(14-12-25)33(2,29)30)15-24-21(27)18-3-5-19(6-4-18)32-16-17-7-9-23-10-8-17/h3-10,20H,11-16H2,1-2H3,(H,24,27)/t20-/m0/s1. The first-order valence-corrected chi connectivity index (χ1v) is 12.3. The molecule has 1 amide bonds. The van der Waals surface area contributed by atoms with Crippen LogP contribution in [0.15, 0.2) is 48.8 Å². The van der Waals surface area contributed by atoms with Crippen molar-refractivity contribution in [2.45, 2.75) is 12.6 Å². The van der Waals surface area contributed by atoms with Crippen LogP contribution >= 0.6 is 0 Å². The summed E-state index contributed by atoms with van der Waals surface area (Å²) in [5.74, 6) is -0.193. The van der Waals surface area contributed by atoms with Crippen molar-refractivity contribution in [2.24, 2.45) is 0 Å². The molecular formula is C22H28N4O6S. The van der Waals surface area contributed by atoms with Crippen molar-refractivity contribution in [1.29, 1.82) is 0 Å². The highest BCUT2D eigenvalue weighted by Gasteiger charge is 2.32. The summed E-state index contributed by atoms with van der Waals surface area (Å²) in [6, 6.07) is 9.73. The predicted molar refractivity (Wildman–Crippen MR) is 121 cm³/mol. The van der Waals surface area contributed by atoms with Gasteiger partial charge in [-0.25, -0.2) is 8.42 Å². The van der Waals surface area contributed by atoms with Crippen molar-refractivity contribution in [3.05, 3.63) is 59.9 Å². The van der Waals surface area contributed by atoms with Gasteiger partial charge in [-0.05, 0) is 42.0 Å². The molecule has 1 aromatic carbocycles. The summed E-state index contributed by atoms with van der Waals surface area (Å²) in [6.07, 6.45) is 4.55. The Morgan fingerprint density at radius 1 is 1.06 bits per heavy atom. The number of hydrogen-bond acceptors (Lipinski definition) is 8. The van der Waals surface area contributed by atoms with Crippen LogP contribution in [0.25, 0.3) is 0 Å². The summed E-state index contributed by atoms with van der Waals surface area (Å²) in [4.78, 5) is 30.7. The number of nitrogens with one attached hydrogen (secondary N) is 1. The number of ether oxygens (including phenoxy) is 2. The van der Waals surface area contributed by atoms with E-state index >= 15 is 0 Å². The summed E-state index contributed by atoms with van der Waals surface area (Å²) >= 11 is 0. The third-order valence-electron chi connectivity index (χ3n) is 5.38. The third-order valence-corrected chi connectivity index (χ3v) is 6.69. The number of piperazine rings is 1. The lowest BCUT2D eigenvalue weighted by atomic mass is 10.1. The summed E-state index contributed by atoms with van der Waals surface area (Å²) in [5.41, 5.74) is 1.41. The van der Waals surface area contributed by atoms with Crippen LogP contribution in [0.3, 0.4) is 0 Å². The number of esters is 1. The molecule has 0 bridgehead atoms. The molecule has 178 valence electrons. The Labute approximate surface area is 193 Å². The van der Waals surface area contributed by atoms with Gasteiger partial charge in [0.25, 0.3) is 5.91 Å². The van der Waals surface area contributed by atoms with Gasteiger partial charge < -0.3 is 14.8 Å². The Morgan fingerprint density at radius 2 is 1.70 bits per heavy atom. The molecule has 1 N–H and O–H groups in total. The van der Waals surface area contributed by atoms with E-state index in [9.17, 15) is 18.0 Å². The number of methoxy groups -OCH3 is 1. The molecule has 1 atom stereocenters. The largest absolute Gasteiger partial charge is 0.489 e. The fraction of sp³-hybridized carbons (Fsp3) is 0.409. The Hall–Kier alpha value is -3.02. The molecule has 10 nitrogen and oxygen atoms in total. The molecule has 1 fully saturated rings. The monoisotopic (exact) mass is 476 g/mol. The minimum Gasteiger partial charge on any atom is -0.489 e. The lowest BCUT2D eigenvalue weighted by molar-refractivity contribution is -0.147. The maximum atomic E-state index is 12.6. The Kier molecular flexibility index (Phi) is 8.37. The highest BCUT2D eigenvalue weighted by molar-refractivity contribution is 7.88. The van der Waals surface area contributed by atoms with Crippen LogP contribution in [-0.4, -0.2) is 86.6 Å². The van der Waals surface area contributed by atoms with Crippen molar-refractivity contribution < 1.29 is 27.5 Å². The van der Waals surface area contributed by atoms with Gasteiger partial charge in [0.05, 0.1) is 13.4 Å². The van der Waals surface area contributed by atoms with E-state index in [0.29, 0.717) is 31.0 Å². The second-order valence-corrected chi connectivity index (χ2v) is 9.60. The average Bonchev–Trinajstić information content (AvgIpc) is 2.83. The number of nitrogens with zero attached hydrogens (tertiary/aromatic N) is 3. The molecule has 1 aromatic heterocycles. The number of benzene rings is 1. The minimum absolute atomic E-state index is 0.0463. The molecule has 0 saturated carbocycles. The van der Waals surface area contributed by atoms with E-state index < -0.39 is 22.0 Å². The maximum Gasteiger partial charge on any atom is 0.324 e. The number of rotatable bonds is 9. The highest BCUT2D eigenvalue weighted by Crippen LogP contribution is 2.15. The van der Waals surface area contributed by atoms with E-state index in [1.165, 1.54) is 11.4 Å². The number of amides is 1. The van der Waals surface area contributed by atoms with E-state index in [4.69, 9.17) is 9.47 Å². The number of pyridine rings is 1. The summed E-state index contributed by atoms with van der Waals surface area (Å²) in [5, 5.41) is 2.77. The van der Waals surface area contributed by atoms with Crippen molar-refractivity contribution in [1.82, 2.24) is 19.5 Å². The van der Waals surface area contributed by atoms with Gasteiger partial charge in [0, 0.05) is 50.7 Å².